The second-order valence-corrected chi connectivity index (χ2v) is 6.27. The summed E-state index contributed by atoms with van der Waals surface area (Å²) < 4.78 is 13.3. The minimum atomic E-state index is -0.119. The van der Waals surface area contributed by atoms with Crippen LogP contribution in [0.4, 0.5) is 4.39 Å². The summed E-state index contributed by atoms with van der Waals surface area (Å²) in [5, 5.41) is 3.71. The fraction of sp³-hybridized carbons (Fsp3) is 0.647. The predicted molar refractivity (Wildman–Crippen MR) is 76.5 cm³/mol. The molecule has 3 atom stereocenters. The zero-order valence-corrected chi connectivity index (χ0v) is 12.0. The Kier molecular flexibility index (Phi) is 3.62. The number of rotatable bonds is 5. The average molecular weight is 261 g/mol. The molecule has 1 aromatic rings. The first-order chi connectivity index (χ1) is 9.22. The van der Waals surface area contributed by atoms with Crippen molar-refractivity contribution in [2.24, 2.45) is 17.8 Å². The van der Waals surface area contributed by atoms with Crippen LogP contribution >= 0.6 is 0 Å². The first-order valence-corrected chi connectivity index (χ1v) is 7.71. The van der Waals surface area contributed by atoms with Gasteiger partial charge >= 0.3 is 0 Å². The van der Waals surface area contributed by atoms with Gasteiger partial charge in [-0.3, -0.25) is 0 Å². The number of fused-ring (bicyclic) bond motifs is 1. The predicted octanol–water partition coefficient (Wildman–Crippen LogP) is 4.22. The second-order valence-electron chi connectivity index (χ2n) is 6.27. The Balaban J connectivity index is 1.82. The molecule has 1 N–H and O–H groups in total. The smallest absolute Gasteiger partial charge is 0.123 e. The lowest BCUT2D eigenvalue weighted by atomic mass is 9.93. The molecule has 0 heterocycles. The first kappa shape index (κ1) is 13.1. The van der Waals surface area contributed by atoms with Crippen molar-refractivity contribution in [3.63, 3.8) is 0 Å². The van der Waals surface area contributed by atoms with Crippen molar-refractivity contribution >= 4 is 0 Å². The molecule has 0 saturated heterocycles. The van der Waals surface area contributed by atoms with E-state index in [-0.39, 0.29) is 5.82 Å². The molecule has 3 rings (SSSR count). The molecule has 2 fully saturated rings. The van der Waals surface area contributed by atoms with Crippen molar-refractivity contribution in [3.8, 4) is 0 Å². The van der Waals surface area contributed by atoms with Gasteiger partial charge in [-0.05, 0) is 73.7 Å². The molecule has 2 aliphatic rings. The summed E-state index contributed by atoms with van der Waals surface area (Å²) in [5.74, 6) is 2.54. The highest BCUT2D eigenvalue weighted by Crippen LogP contribution is 2.62. The number of nitrogens with one attached hydrogen (secondary N) is 1. The molecule has 0 bridgehead atoms. The number of benzene rings is 1. The van der Waals surface area contributed by atoms with Gasteiger partial charge in [0.05, 0.1) is 0 Å². The fourth-order valence-electron chi connectivity index (χ4n) is 4.11. The van der Waals surface area contributed by atoms with Crippen LogP contribution in [0.25, 0.3) is 0 Å². The van der Waals surface area contributed by atoms with E-state index in [0.717, 1.165) is 36.3 Å². The minimum Gasteiger partial charge on any atom is -0.310 e. The van der Waals surface area contributed by atoms with E-state index < -0.39 is 0 Å². The van der Waals surface area contributed by atoms with Crippen LogP contribution in [0.15, 0.2) is 18.2 Å². The summed E-state index contributed by atoms with van der Waals surface area (Å²) in [6, 6.07) is 5.72. The lowest BCUT2D eigenvalue weighted by molar-refractivity contribution is 0.416. The summed E-state index contributed by atoms with van der Waals surface area (Å²) in [4.78, 5) is 0. The Morgan fingerprint density at radius 1 is 1.32 bits per heavy atom. The summed E-state index contributed by atoms with van der Waals surface area (Å²) in [7, 11) is 0. The van der Waals surface area contributed by atoms with E-state index in [2.05, 4.69) is 12.2 Å². The van der Waals surface area contributed by atoms with Gasteiger partial charge in [0.25, 0.3) is 0 Å². The largest absolute Gasteiger partial charge is 0.310 e. The van der Waals surface area contributed by atoms with Crippen LogP contribution in [0, 0.1) is 30.5 Å². The normalized spacial score (nSPS) is 30.2. The van der Waals surface area contributed by atoms with Crippen LogP contribution < -0.4 is 5.32 Å². The fourth-order valence-corrected chi connectivity index (χ4v) is 4.11. The Morgan fingerprint density at radius 3 is 2.68 bits per heavy atom. The van der Waals surface area contributed by atoms with Crippen LogP contribution in [0.5, 0.6) is 0 Å². The second kappa shape index (κ2) is 5.24. The lowest BCUT2D eigenvalue weighted by Crippen LogP contribution is -2.26. The highest BCUT2D eigenvalue weighted by Gasteiger charge is 2.56. The highest BCUT2D eigenvalue weighted by atomic mass is 19.1. The maximum absolute atomic E-state index is 13.3. The molecule has 0 aliphatic heterocycles. The Bertz CT molecular complexity index is 447. The average Bonchev–Trinajstić information content (AvgIpc) is 2.84. The Hall–Kier alpha value is -0.890. The summed E-state index contributed by atoms with van der Waals surface area (Å²) in [6.07, 6.45) is 5.37. The third-order valence-electron chi connectivity index (χ3n) is 5.04. The van der Waals surface area contributed by atoms with E-state index in [0.29, 0.717) is 6.04 Å². The third-order valence-corrected chi connectivity index (χ3v) is 5.04. The van der Waals surface area contributed by atoms with Crippen LogP contribution in [-0.4, -0.2) is 6.54 Å². The molecule has 0 radical (unpaired) electrons. The van der Waals surface area contributed by atoms with Gasteiger partial charge in [-0.1, -0.05) is 19.4 Å². The van der Waals surface area contributed by atoms with Gasteiger partial charge < -0.3 is 5.32 Å². The third kappa shape index (κ3) is 2.43. The van der Waals surface area contributed by atoms with E-state index in [1.165, 1.54) is 24.8 Å². The molecule has 2 aliphatic carbocycles. The standard InChI is InChI=1S/C17H24FN/c1-3-9-19-17(16-14-5-4-6-15(14)16)13-8-7-12(18)10-11(13)2/h7-8,10,14-17,19H,3-6,9H2,1-2H3. The van der Waals surface area contributed by atoms with Crippen LogP contribution in [-0.2, 0) is 0 Å². The van der Waals surface area contributed by atoms with Crippen molar-refractivity contribution in [3.05, 3.63) is 35.1 Å². The SMILES string of the molecule is CCCNC(c1ccc(F)cc1C)C1C2CCCC21. The molecule has 104 valence electrons. The molecule has 19 heavy (non-hydrogen) atoms. The Morgan fingerprint density at radius 2 is 2.05 bits per heavy atom. The zero-order chi connectivity index (χ0) is 13.4. The maximum atomic E-state index is 13.3. The number of hydrogen-bond donors (Lipinski definition) is 1. The highest BCUT2D eigenvalue weighted by molar-refractivity contribution is 5.32. The summed E-state index contributed by atoms with van der Waals surface area (Å²) in [6.45, 7) is 5.30. The molecule has 0 aromatic heterocycles. The van der Waals surface area contributed by atoms with Crippen molar-refractivity contribution in [1.82, 2.24) is 5.32 Å². The van der Waals surface area contributed by atoms with Gasteiger partial charge in [0.15, 0.2) is 0 Å². The quantitative estimate of drug-likeness (QED) is 0.836. The van der Waals surface area contributed by atoms with Crippen LogP contribution in [0.3, 0.4) is 0 Å². The molecule has 1 nitrogen and oxygen atoms in total. The van der Waals surface area contributed by atoms with Gasteiger partial charge in [0, 0.05) is 6.04 Å². The van der Waals surface area contributed by atoms with Crippen molar-refractivity contribution in [2.45, 2.75) is 45.6 Å². The van der Waals surface area contributed by atoms with Crippen molar-refractivity contribution in [2.75, 3.05) is 6.54 Å². The molecule has 2 saturated carbocycles. The van der Waals surface area contributed by atoms with E-state index in [1.807, 2.05) is 13.0 Å². The molecule has 0 amide bonds. The zero-order valence-electron chi connectivity index (χ0n) is 12.0. The summed E-state index contributed by atoms with van der Waals surface area (Å²) in [5.41, 5.74) is 2.41. The molecular weight excluding hydrogens is 237 g/mol. The van der Waals surface area contributed by atoms with Gasteiger partial charge in [-0.15, -0.1) is 0 Å². The van der Waals surface area contributed by atoms with Crippen molar-refractivity contribution < 1.29 is 4.39 Å². The molecule has 3 unspecified atom stereocenters. The van der Waals surface area contributed by atoms with E-state index in [9.17, 15) is 4.39 Å². The lowest BCUT2D eigenvalue weighted by Gasteiger charge is -2.23. The van der Waals surface area contributed by atoms with E-state index >= 15 is 0 Å². The molecular formula is C17H24FN. The van der Waals surface area contributed by atoms with Crippen molar-refractivity contribution in [1.29, 1.82) is 0 Å². The van der Waals surface area contributed by atoms with Crippen LogP contribution in [0.1, 0.15) is 49.8 Å². The topological polar surface area (TPSA) is 12.0 Å². The molecule has 1 aromatic carbocycles. The number of hydrogen-bond acceptors (Lipinski definition) is 1. The molecule has 0 spiro atoms. The summed E-state index contributed by atoms with van der Waals surface area (Å²) >= 11 is 0. The van der Waals surface area contributed by atoms with Gasteiger partial charge in [-0.2, -0.15) is 0 Å². The Labute approximate surface area is 115 Å². The van der Waals surface area contributed by atoms with Gasteiger partial charge in [0.2, 0.25) is 0 Å². The van der Waals surface area contributed by atoms with Gasteiger partial charge in [-0.25, -0.2) is 4.39 Å². The maximum Gasteiger partial charge on any atom is 0.123 e. The van der Waals surface area contributed by atoms with E-state index in [1.54, 1.807) is 12.1 Å². The first-order valence-electron chi connectivity index (χ1n) is 7.71. The number of halogens is 1. The monoisotopic (exact) mass is 261 g/mol. The molecule has 2 heteroatoms. The van der Waals surface area contributed by atoms with E-state index in [4.69, 9.17) is 0 Å². The van der Waals surface area contributed by atoms with Crippen LogP contribution in [0.2, 0.25) is 0 Å². The van der Waals surface area contributed by atoms with Gasteiger partial charge in [0.1, 0.15) is 5.82 Å². The minimum absolute atomic E-state index is 0.119. The number of aryl methyl sites for hydroxylation is 1.